The van der Waals surface area contributed by atoms with E-state index in [2.05, 4.69) is 4.98 Å². The van der Waals surface area contributed by atoms with Crippen molar-refractivity contribution in [1.29, 1.82) is 0 Å². The monoisotopic (exact) mass is 240 g/mol. The molecule has 0 amide bonds. The van der Waals surface area contributed by atoms with Gasteiger partial charge in [-0.05, 0) is 24.6 Å². The third-order valence-corrected chi connectivity index (χ3v) is 2.57. The fourth-order valence-corrected chi connectivity index (χ4v) is 1.66. The van der Waals surface area contributed by atoms with E-state index >= 15 is 0 Å². The standard InChI is InChI=1S/C12H11F3N2/c1-2-9-4-3-7-5-8(12(13,14)15)6-10(16)11(7)17-9/h3-6H,2,16H2,1H3. The summed E-state index contributed by atoms with van der Waals surface area (Å²) < 4.78 is 37.7. The summed E-state index contributed by atoms with van der Waals surface area (Å²) in [7, 11) is 0. The number of nitrogen functional groups attached to an aromatic ring is 1. The van der Waals surface area contributed by atoms with Crippen molar-refractivity contribution >= 4 is 16.6 Å². The summed E-state index contributed by atoms with van der Waals surface area (Å²) in [6, 6.07) is 5.32. The summed E-state index contributed by atoms with van der Waals surface area (Å²) in [5.41, 5.74) is 6.17. The number of benzene rings is 1. The fraction of sp³-hybridized carbons (Fsp3) is 0.250. The molecular weight excluding hydrogens is 229 g/mol. The van der Waals surface area contributed by atoms with Crippen molar-refractivity contribution in [1.82, 2.24) is 4.98 Å². The Bertz CT molecular complexity index is 561. The van der Waals surface area contributed by atoms with E-state index in [1.165, 1.54) is 0 Å². The predicted molar refractivity (Wildman–Crippen MR) is 60.5 cm³/mol. The molecule has 5 heteroatoms. The molecule has 1 heterocycles. The second-order valence-electron chi connectivity index (χ2n) is 3.79. The number of halogens is 3. The van der Waals surface area contributed by atoms with Crippen LogP contribution in [-0.2, 0) is 12.6 Å². The Labute approximate surface area is 96.3 Å². The highest BCUT2D eigenvalue weighted by molar-refractivity contribution is 5.90. The molecule has 0 saturated carbocycles. The molecule has 1 aromatic carbocycles. The van der Waals surface area contributed by atoms with Gasteiger partial charge in [0.25, 0.3) is 0 Å². The summed E-state index contributed by atoms with van der Waals surface area (Å²) in [5.74, 6) is 0. The maximum atomic E-state index is 12.6. The average Bonchev–Trinajstić information content (AvgIpc) is 2.27. The van der Waals surface area contributed by atoms with Crippen LogP contribution in [-0.4, -0.2) is 4.98 Å². The van der Waals surface area contributed by atoms with E-state index in [4.69, 9.17) is 5.73 Å². The van der Waals surface area contributed by atoms with Crippen molar-refractivity contribution in [3.63, 3.8) is 0 Å². The quantitative estimate of drug-likeness (QED) is 0.776. The molecule has 0 spiro atoms. The van der Waals surface area contributed by atoms with E-state index in [-0.39, 0.29) is 5.69 Å². The van der Waals surface area contributed by atoms with Crippen molar-refractivity contribution in [3.8, 4) is 0 Å². The van der Waals surface area contributed by atoms with Crippen molar-refractivity contribution < 1.29 is 13.2 Å². The summed E-state index contributed by atoms with van der Waals surface area (Å²) in [6.07, 6.45) is -3.66. The maximum Gasteiger partial charge on any atom is 0.416 e. The Kier molecular flexibility index (Phi) is 2.69. The number of aromatic nitrogens is 1. The SMILES string of the molecule is CCc1ccc2cc(C(F)(F)F)cc(N)c2n1. The number of aryl methyl sites for hydroxylation is 1. The van der Waals surface area contributed by atoms with Crippen molar-refractivity contribution in [2.45, 2.75) is 19.5 Å². The minimum atomic E-state index is -4.38. The highest BCUT2D eigenvalue weighted by Gasteiger charge is 2.31. The van der Waals surface area contributed by atoms with Gasteiger partial charge in [0.05, 0.1) is 16.8 Å². The largest absolute Gasteiger partial charge is 0.416 e. The smallest absolute Gasteiger partial charge is 0.397 e. The van der Waals surface area contributed by atoms with Gasteiger partial charge < -0.3 is 5.73 Å². The minimum Gasteiger partial charge on any atom is -0.397 e. The molecule has 90 valence electrons. The molecule has 1 aromatic heterocycles. The zero-order chi connectivity index (χ0) is 12.6. The van der Waals surface area contributed by atoms with Gasteiger partial charge in [0.2, 0.25) is 0 Å². The van der Waals surface area contributed by atoms with Crippen LogP contribution in [0.5, 0.6) is 0 Å². The van der Waals surface area contributed by atoms with Crippen LogP contribution >= 0.6 is 0 Å². The lowest BCUT2D eigenvalue weighted by molar-refractivity contribution is -0.137. The highest BCUT2D eigenvalue weighted by Crippen LogP contribution is 2.33. The maximum absolute atomic E-state index is 12.6. The molecule has 2 N–H and O–H groups in total. The molecular formula is C12H11F3N2. The van der Waals surface area contributed by atoms with E-state index in [9.17, 15) is 13.2 Å². The van der Waals surface area contributed by atoms with Gasteiger partial charge in [0.15, 0.2) is 0 Å². The summed E-state index contributed by atoms with van der Waals surface area (Å²) >= 11 is 0. The van der Waals surface area contributed by atoms with E-state index in [0.717, 1.165) is 24.2 Å². The first-order chi connectivity index (χ1) is 7.91. The molecule has 2 aromatic rings. The first kappa shape index (κ1) is 11.7. The molecule has 0 bridgehead atoms. The third kappa shape index (κ3) is 2.18. The van der Waals surface area contributed by atoms with Crippen LogP contribution in [0.15, 0.2) is 24.3 Å². The number of hydrogen-bond donors (Lipinski definition) is 1. The van der Waals surface area contributed by atoms with Gasteiger partial charge in [-0.15, -0.1) is 0 Å². The van der Waals surface area contributed by atoms with Gasteiger partial charge in [0, 0.05) is 11.1 Å². The lowest BCUT2D eigenvalue weighted by atomic mass is 10.1. The Morgan fingerprint density at radius 3 is 2.53 bits per heavy atom. The van der Waals surface area contributed by atoms with E-state index < -0.39 is 11.7 Å². The molecule has 0 unspecified atom stereocenters. The molecule has 0 aliphatic rings. The number of fused-ring (bicyclic) bond motifs is 1. The molecule has 17 heavy (non-hydrogen) atoms. The topological polar surface area (TPSA) is 38.9 Å². The normalized spacial score (nSPS) is 12.0. The molecule has 2 rings (SSSR count). The lowest BCUT2D eigenvalue weighted by Crippen LogP contribution is -2.06. The fourth-order valence-electron chi connectivity index (χ4n) is 1.66. The summed E-state index contributed by atoms with van der Waals surface area (Å²) in [4.78, 5) is 4.22. The first-order valence-electron chi connectivity index (χ1n) is 5.18. The van der Waals surface area contributed by atoms with Crippen LogP contribution < -0.4 is 5.73 Å². The number of anilines is 1. The molecule has 0 aliphatic carbocycles. The molecule has 2 nitrogen and oxygen atoms in total. The molecule has 0 aliphatic heterocycles. The number of hydrogen-bond acceptors (Lipinski definition) is 2. The zero-order valence-electron chi connectivity index (χ0n) is 9.17. The third-order valence-electron chi connectivity index (χ3n) is 2.57. The summed E-state index contributed by atoms with van der Waals surface area (Å²) in [6.45, 7) is 1.93. The lowest BCUT2D eigenvalue weighted by Gasteiger charge is -2.10. The van der Waals surface area contributed by atoms with Crippen LogP contribution in [0.4, 0.5) is 18.9 Å². The zero-order valence-corrected chi connectivity index (χ0v) is 9.17. The molecule has 0 fully saturated rings. The van der Waals surface area contributed by atoms with Gasteiger partial charge in [-0.3, -0.25) is 4.98 Å². The Morgan fingerprint density at radius 2 is 1.94 bits per heavy atom. The summed E-state index contributed by atoms with van der Waals surface area (Å²) in [5, 5.41) is 0.412. The van der Waals surface area contributed by atoms with Gasteiger partial charge in [-0.25, -0.2) is 0 Å². The number of alkyl halides is 3. The minimum absolute atomic E-state index is 0.0603. The second kappa shape index (κ2) is 3.91. The average molecular weight is 240 g/mol. The van der Waals surface area contributed by atoms with E-state index in [1.807, 2.05) is 6.92 Å². The Hall–Kier alpha value is -1.78. The number of nitrogens with zero attached hydrogens (tertiary/aromatic N) is 1. The Morgan fingerprint density at radius 1 is 1.24 bits per heavy atom. The Balaban J connectivity index is 2.68. The number of pyridine rings is 1. The van der Waals surface area contributed by atoms with Gasteiger partial charge in [-0.1, -0.05) is 13.0 Å². The second-order valence-corrected chi connectivity index (χ2v) is 3.79. The highest BCUT2D eigenvalue weighted by atomic mass is 19.4. The van der Waals surface area contributed by atoms with E-state index in [1.54, 1.807) is 12.1 Å². The van der Waals surface area contributed by atoms with Crippen LogP contribution in [0.1, 0.15) is 18.2 Å². The number of nitrogens with two attached hydrogens (primary N) is 1. The van der Waals surface area contributed by atoms with Crippen LogP contribution in [0.25, 0.3) is 10.9 Å². The van der Waals surface area contributed by atoms with E-state index in [0.29, 0.717) is 10.9 Å². The van der Waals surface area contributed by atoms with Crippen LogP contribution in [0.2, 0.25) is 0 Å². The molecule has 0 saturated heterocycles. The van der Waals surface area contributed by atoms with Crippen LogP contribution in [0, 0.1) is 0 Å². The van der Waals surface area contributed by atoms with Gasteiger partial charge in [-0.2, -0.15) is 13.2 Å². The molecule has 0 atom stereocenters. The van der Waals surface area contributed by atoms with Crippen molar-refractivity contribution in [3.05, 3.63) is 35.5 Å². The number of rotatable bonds is 1. The predicted octanol–water partition coefficient (Wildman–Crippen LogP) is 3.40. The first-order valence-corrected chi connectivity index (χ1v) is 5.18. The van der Waals surface area contributed by atoms with Crippen molar-refractivity contribution in [2.24, 2.45) is 0 Å². The van der Waals surface area contributed by atoms with Crippen LogP contribution in [0.3, 0.4) is 0 Å². The van der Waals surface area contributed by atoms with Gasteiger partial charge in [0.1, 0.15) is 0 Å². The molecule has 0 radical (unpaired) electrons. The van der Waals surface area contributed by atoms with Gasteiger partial charge >= 0.3 is 6.18 Å². The van der Waals surface area contributed by atoms with Crippen molar-refractivity contribution in [2.75, 3.05) is 5.73 Å².